The predicted molar refractivity (Wildman–Crippen MR) is 103 cm³/mol. The standard InChI is InChI=1S/C19H22N2O5S/c1-27(23,24)21(16-7-8-17-18(13-16)26-14-25-17)12-10-19(22)20-11-9-15-5-3-2-4-6-15/h2-8,13H,9-12,14H2,1H3,(H,20,22). The van der Waals surface area contributed by atoms with Gasteiger partial charge in [0.25, 0.3) is 0 Å². The van der Waals surface area contributed by atoms with Gasteiger partial charge in [-0.1, -0.05) is 30.3 Å². The number of hydrogen-bond acceptors (Lipinski definition) is 5. The second-order valence-electron chi connectivity index (χ2n) is 6.21. The number of nitrogens with one attached hydrogen (secondary N) is 1. The average molecular weight is 390 g/mol. The van der Waals surface area contributed by atoms with Crippen LogP contribution < -0.4 is 19.1 Å². The van der Waals surface area contributed by atoms with Crippen molar-refractivity contribution < 1.29 is 22.7 Å². The monoisotopic (exact) mass is 390 g/mol. The fourth-order valence-electron chi connectivity index (χ4n) is 2.81. The molecule has 8 heteroatoms. The number of hydrogen-bond donors (Lipinski definition) is 1. The van der Waals surface area contributed by atoms with E-state index in [9.17, 15) is 13.2 Å². The van der Waals surface area contributed by atoms with Crippen LogP contribution in [0.3, 0.4) is 0 Å². The normalized spacial score (nSPS) is 12.6. The second kappa shape index (κ2) is 8.30. The minimum Gasteiger partial charge on any atom is -0.454 e. The molecule has 0 saturated heterocycles. The smallest absolute Gasteiger partial charge is 0.232 e. The van der Waals surface area contributed by atoms with Crippen molar-refractivity contribution in [2.24, 2.45) is 0 Å². The van der Waals surface area contributed by atoms with E-state index in [1.807, 2.05) is 30.3 Å². The molecule has 27 heavy (non-hydrogen) atoms. The number of fused-ring (bicyclic) bond motifs is 1. The molecule has 0 saturated carbocycles. The van der Waals surface area contributed by atoms with Crippen LogP contribution in [0.25, 0.3) is 0 Å². The number of sulfonamides is 1. The van der Waals surface area contributed by atoms with Crippen molar-refractivity contribution in [1.82, 2.24) is 5.32 Å². The van der Waals surface area contributed by atoms with Crippen LogP contribution in [0.1, 0.15) is 12.0 Å². The summed E-state index contributed by atoms with van der Waals surface area (Å²) < 4.78 is 36.1. The van der Waals surface area contributed by atoms with E-state index in [-0.39, 0.29) is 25.7 Å². The van der Waals surface area contributed by atoms with Gasteiger partial charge in [0.05, 0.1) is 11.9 Å². The largest absolute Gasteiger partial charge is 0.454 e. The van der Waals surface area contributed by atoms with Crippen LogP contribution in [0, 0.1) is 0 Å². The highest BCUT2D eigenvalue weighted by Crippen LogP contribution is 2.36. The molecule has 0 atom stereocenters. The second-order valence-corrected chi connectivity index (χ2v) is 8.12. The summed E-state index contributed by atoms with van der Waals surface area (Å²) in [7, 11) is -3.54. The van der Waals surface area contributed by atoms with Crippen LogP contribution in [-0.4, -0.2) is 40.5 Å². The zero-order valence-electron chi connectivity index (χ0n) is 15.1. The van der Waals surface area contributed by atoms with Crippen molar-refractivity contribution in [3.05, 3.63) is 54.1 Å². The van der Waals surface area contributed by atoms with Gasteiger partial charge in [0.1, 0.15) is 0 Å². The highest BCUT2D eigenvalue weighted by molar-refractivity contribution is 7.92. The van der Waals surface area contributed by atoms with Gasteiger partial charge in [-0.15, -0.1) is 0 Å². The number of carbonyl (C=O) groups is 1. The van der Waals surface area contributed by atoms with E-state index < -0.39 is 10.0 Å². The number of nitrogens with zero attached hydrogens (tertiary/aromatic N) is 1. The molecule has 2 aromatic rings. The topological polar surface area (TPSA) is 84.9 Å². The van der Waals surface area contributed by atoms with Crippen molar-refractivity contribution >= 4 is 21.6 Å². The maximum Gasteiger partial charge on any atom is 0.232 e. The summed E-state index contributed by atoms with van der Waals surface area (Å²) >= 11 is 0. The Morgan fingerprint density at radius 3 is 2.59 bits per heavy atom. The van der Waals surface area contributed by atoms with Crippen molar-refractivity contribution in [3.63, 3.8) is 0 Å². The fraction of sp³-hybridized carbons (Fsp3) is 0.316. The summed E-state index contributed by atoms with van der Waals surface area (Å²) in [6.07, 6.45) is 1.91. The third-order valence-electron chi connectivity index (χ3n) is 4.17. The molecule has 0 unspecified atom stereocenters. The maximum absolute atomic E-state index is 12.2. The summed E-state index contributed by atoms with van der Waals surface area (Å²) in [6.45, 7) is 0.670. The quantitative estimate of drug-likeness (QED) is 0.745. The van der Waals surface area contributed by atoms with E-state index in [2.05, 4.69) is 5.32 Å². The maximum atomic E-state index is 12.2. The predicted octanol–water partition coefficient (Wildman–Crippen LogP) is 1.93. The molecule has 0 spiro atoms. The van der Waals surface area contributed by atoms with Gasteiger partial charge < -0.3 is 14.8 Å². The number of ether oxygens (including phenoxy) is 2. The zero-order chi connectivity index (χ0) is 19.3. The minimum absolute atomic E-state index is 0.0512. The Labute approximate surface area is 158 Å². The molecule has 1 aliphatic rings. The van der Waals surface area contributed by atoms with Crippen LogP contribution in [0.4, 0.5) is 5.69 Å². The number of benzene rings is 2. The van der Waals surface area contributed by atoms with Gasteiger partial charge in [-0.2, -0.15) is 0 Å². The Kier molecular flexibility index (Phi) is 5.85. The molecule has 3 rings (SSSR count). The van der Waals surface area contributed by atoms with E-state index in [0.29, 0.717) is 23.7 Å². The summed E-state index contributed by atoms with van der Waals surface area (Å²) in [5.74, 6) is 0.875. The Hall–Kier alpha value is -2.74. The summed E-state index contributed by atoms with van der Waals surface area (Å²) in [6, 6.07) is 14.7. The Bertz CT molecular complexity index is 900. The lowest BCUT2D eigenvalue weighted by Gasteiger charge is -2.22. The SMILES string of the molecule is CS(=O)(=O)N(CCC(=O)NCCc1ccccc1)c1ccc2c(c1)OCO2. The molecule has 0 aliphatic carbocycles. The first kappa shape index (κ1) is 19.0. The van der Waals surface area contributed by atoms with Gasteiger partial charge in [-0.25, -0.2) is 8.42 Å². The molecule has 1 heterocycles. The van der Waals surface area contributed by atoms with E-state index in [1.54, 1.807) is 18.2 Å². The first-order valence-electron chi connectivity index (χ1n) is 8.61. The van der Waals surface area contributed by atoms with Gasteiger partial charge >= 0.3 is 0 Å². The average Bonchev–Trinajstić information content (AvgIpc) is 3.09. The van der Waals surface area contributed by atoms with Gasteiger partial charge in [-0.05, 0) is 24.1 Å². The lowest BCUT2D eigenvalue weighted by Crippen LogP contribution is -2.35. The van der Waals surface area contributed by atoms with Crippen molar-refractivity contribution in [2.45, 2.75) is 12.8 Å². The summed E-state index contributed by atoms with van der Waals surface area (Å²) in [4.78, 5) is 12.1. The molecule has 0 radical (unpaired) electrons. The van der Waals surface area contributed by atoms with Crippen molar-refractivity contribution in [1.29, 1.82) is 0 Å². The zero-order valence-corrected chi connectivity index (χ0v) is 15.9. The summed E-state index contributed by atoms with van der Waals surface area (Å²) in [5, 5.41) is 2.83. The van der Waals surface area contributed by atoms with Gasteiger partial charge in [0, 0.05) is 25.6 Å². The molecule has 1 amide bonds. The molecule has 144 valence electrons. The highest BCUT2D eigenvalue weighted by Gasteiger charge is 2.22. The fourth-order valence-corrected chi connectivity index (χ4v) is 3.73. The number of anilines is 1. The van der Waals surface area contributed by atoms with E-state index >= 15 is 0 Å². The van der Waals surface area contributed by atoms with Gasteiger partial charge in [0.2, 0.25) is 22.7 Å². The summed E-state index contributed by atoms with van der Waals surface area (Å²) in [5.41, 5.74) is 1.58. The molecule has 2 aromatic carbocycles. The van der Waals surface area contributed by atoms with E-state index in [1.165, 1.54) is 4.31 Å². The first-order chi connectivity index (χ1) is 12.9. The van der Waals surface area contributed by atoms with Crippen LogP contribution in [0.15, 0.2) is 48.5 Å². The molecule has 7 nitrogen and oxygen atoms in total. The number of amides is 1. The molecule has 1 N–H and O–H groups in total. The van der Waals surface area contributed by atoms with Crippen LogP contribution in [0.5, 0.6) is 11.5 Å². The van der Waals surface area contributed by atoms with Crippen LogP contribution in [0.2, 0.25) is 0 Å². The van der Waals surface area contributed by atoms with Gasteiger partial charge in [0.15, 0.2) is 11.5 Å². The number of carbonyl (C=O) groups excluding carboxylic acids is 1. The molecule has 1 aliphatic heterocycles. The third-order valence-corrected chi connectivity index (χ3v) is 5.36. The Morgan fingerprint density at radius 2 is 1.85 bits per heavy atom. The van der Waals surface area contributed by atoms with Crippen molar-refractivity contribution in [2.75, 3.05) is 30.4 Å². The Morgan fingerprint density at radius 1 is 1.11 bits per heavy atom. The van der Waals surface area contributed by atoms with Crippen molar-refractivity contribution in [3.8, 4) is 11.5 Å². The van der Waals surface area contributed by atoms with Crippen LogP contribution >= 0.6 is 0 Å². The van der Waals surface area contributed by atoms with E-state index in [4.69, 9.17) is 9.47 Å². The molecular weight excluding hydrogens is 368 g/mol. The minimum atomic E-state index is -3.54. The Balaban J connectivity index is 1.56. The van der Waals surface area contributed by atoms with E-state index in [0.717, 1.165) is 18.2 Å². The lowest BCUT2D eigenvalue weighted by atomic mass is 10.1. The molecule has 0 bridgehead atoms. The van der Waals surface area contributed by atoms with Crippen LogP contribution in [-0.2, 0) is 21.2 Å². The van der Waals surface area contributed by atoms with Gasteiger partial charge in [-0.3, -0.25) is 9.10 Å². The molecular formula is C19H22N2O5S. The third kappa shape index (κ3) is 5.13. The highest BCUT2D eigenvalue weighted by atomic mass is 32.2. The number of rotatable bonds is 8. The molecule has 0 fully saturated rings. The lowest BCUT2D eigenvalue weighted by molar-refractivity contribution is -0.120. The molecule has 0 aromatic heterocycles. The first-order valence-corrected chi connectivity index (χ1v) is 10.5.